The second-order valence-electron chi connectivity index (χ2n) is 3.26. The van der Waals surface area contributed by atoms with E-state index in [2.05, 4.69) is 11.2 Å². The SMILES string of the molecule is C#CCOCCOCCOCCNC(=O)CSC. The van der Waals surface area contributed by atoms with Crippen molar-refractivity contribution in [2.45, 2.75) is 0 Å². The molecule has 0 atom stereocenters. The number of carbonyl (C=O) groups excluding carboxylic acids is 1. The lowest BCUT2D eigenvalue weighted by molar-refractivity contribution is -0.118. The van der Waals surface area contributed by atoms with Crippen molar-refractivity contribution in [2.75, 3.05) is 58.2 Å². The van der Waals surface area contributed by atoms with E-state index < -0.39 is 0 Å². The Kier molecular flexibility index (Phi) is 13.7. The highest BCUT2D eigenvalue weighted by Gasteiger charge is 1.97. The summed E-state index contributed by atoms with van der Waals surface area (Å²) in [6.45, 7) is 3.37. The van der Waals surface area contributed by atoms with Crippen LogP contribution in [0.5, 0.6) is 0 Å². The monoisotopic (exact) mass is 275 g/mol. The van der Waals surface area contributed by atoms with Gasteiger partial charge < -0.3 is 19.5 Å². The van der Waals surface area contributed by atoms with Gasteiger partial charge in [-0.15, -0.1) is 6.42 Å². The topological polar surface area (TPSA) is 56.8 Å². The van der Waals surface area contributed by atoms with Gasteiger partial charge in [0.05, 0.1) is 38.8 Å². The van der Waals surface area contributed by atoms with Crippen LogP contribution in [0.4, 0.5) is 0 Å². The predicted octanol–water partition coefficient (Wildman–Crippen LogP) is 0.149. The van der Waals surface area contributed by atoms with Gasteiger partial charge in [-0.25, -0.2) is 0 Å². The molecular weight excluding hydrogens is 254 g/mol. The minimum Gasteiger partial charge on any atom is -0.377 e. The fourth-order valence-electron chi connectivity index (χ4n) is 1.02. The summed E-state index contributed by atoms with van der Waals surface area (Å²) >= 11 is 1.50. The largest absolute Gasteiger partial charge is 0.377 e. The van der Waals surface area contributed by atoms with E-state index in [1.165, 1.54) is 11.8 Å². The van der Waals surface area contributed by atoms with Crippen LogP contribution < -0.4 is 5.32 Å². The molecule has 0 aliphatic rings. The molecule has 104 valence electrons. The molecule has 0 bridgehead atoms. The zero-order valence-electron chi connectivity index (χ0n) is 10.8. The standard InChI is InChI=1S/C12H21NO4S/c1-3-5-15-7-9-17-10-8-16-6-4-13-12(14)11-18-2/h1H,4-11H2,2H3,(H,13,14). The molecule has 0 spiro atoms. The zero-order valence-corrected chi connectivity index (χ0v) is 11.6. The Hall–Kier alpha value is -0.740. The molecule has 0 aromatic heterocycles. The van der Waals surface area contributed by atoms with Crippen LogP contribution in [0, 0.1) is 12.3 Å². The molecule has 0 radical (unpaired) electrons. The third-order valence-electron chi connectivity index (χ3n) is 1.77. The van der Waals surface area contributed by atoms with Crippen LogP contribution in [0.1, 0.15) is 0 Å². The molecule has 0 aromatic rings. The zero-order chi connectivity index (χ0) is 13.5. The maximum absolute atomic E-state index is 11.1. The lowest BCUT2D eigenvalue weighted by Crippen LogP contribution is -2.29. The molecule has 0 rings (SSSR count). The third-order valence-corrected chi connectivity index (χ3v) is 2.32. The third kappa shape index (κ3) is 13.3. The van der Waals surface area contributed by atoms with Gasteiger partial charge >= 0.3 is 0 Å². The highest BCUT2D eigenvalue weighted by molar-refractivity contribution is 7.99. The highest BCUT2D eigenvalue weighted by Crippen LogP contribution is 1.88. The number of terminal acetylenes is 1. The van der Waals surface area contributed by atoms with E-state index in [4.69, 9.17) is 20.6 Å². The first kappa shape index (κ1) is 17.3. The van der Waals surface area contributed by atoms with E-state index >= 15 is 0 Å². The Morgan fingerprint density at radius 1 is 1.17 bits per heavy atom. The van der Waals surface area contributed by atoms with Crippen molar-refractivity contribution < 1.29 is 19.0 Å². The molecule has 0 saturated carbocycles. The minimum atomic E-state index is 0.0352. The smallest absolute Gasteiger partial charge is 0.230 e. The fourth-order valence-corrected chi connectivity index (χ4v) is 1.38. The number of nitrogens with one attached hydrogen (secondary N) is 1. The summed E-state index contributed by atoms with van der Waals surface area (Å²) in [5.74, 6) is 2.89. The molecular formula is C12H21NO4S. The summed E-state index contributed by atoms with van der Waals surface area (Å²) in [5.41, 5.74) is 0. The Morgan fingerprint density at radius 2 is 1.78 bits per heavy atom. The maximum Gasteiger partial charge on any atom is 0.230 e. The van der Waals surface area contributed by atoms with E-state index in [-0.39, 0.29) is 5.91 Å². The Bertz CT molecular complexity index is 243. The number of hydrogen-bond acceptors (Lipinski definition) is 5. The molecule has 18 heavy (non-hydrogen) atoms. The second-order valence-corrected chi connectivity index (χ2v) is 4.13. The van der Waals surface area contributed by atoms with Crippen molar-refractivity contribution in [3.05, 3.63) is 0 Å². The molecule has 1 amide bonds. The average Bonchev–Trinajstić information content (AvgIpc) is 2.36. The summed E-state index contributed by atoms with van der Waals surface area (Å²) in [5, 5.41) is 2.74. The lowest BCUT2D eigenvalue weighted by Gasteiger charge is -2.06. The summed E-state index contributed by atoms with van der Waals surface area (Å²) in [6, 6.07) is 0. The van der Waals surface area contributed by atoms with Gasteiger partial charge in [0.25, 0.3) is 0 Å². The van der Waals surface area contributed by atoms with Crippen LogP contribution in [0.25, 0.3) is 0 Å². The van der Waals surface area contributed by atoms with Gasteiger partial charge in [-0.05, 0) is 6.26 Å². The number of carbonyl (C=O) groups is 1. The first-order valence-electron chi connectivity index (χ1n) is 5.73. The van der Waals surface area contributed by atoms with Gasteiger partial charge in [-0.1, -0.05) is 5.92 Å². The Balaban J connectivity index is 3.03. The van der Waals surface area contributed by atoms with Gasteiger partial charge in [-0.3, -0.25) is 4.79 Å². The number of ether oxygens (including phenoxy) is 3. The predicted molar refractivity (Wildman–Crippen MR) is 72.7 cm³/mol. The number of rotatable bonds is 12. The normalized spacial score (nSPS) is 10.0. The van der Waals surface area contributed by atoms with Gasteiger partial charge in [0.2, 0.25) is 5.91 Å². The molecule has 0 aromatic carbocycles. The van der Waals surface area contributed by atoms with Crippen molar-refractivity contribution in [3.63, 3.8) is 0 Å². The van der Waals surface area contributed by atoms with Crippen molar-refractivity contribution in [1.29, 1.82) is 0 Å². The summed E-state index contributed by atoms with van der Waals surface area (Å²) in [4.78, 5) is 11.1. The van der Waals surface area contributed by atoms with Crippen molar-refractivity contribution in [2.24, 2.45) is 0 Å². The van der Waals surface area contributed by atoms with Crippen LogP contribution in [0.2, 0.25) is 0 Å². The first-order chi connectivity index (χ1) is 8.81. The van der Waals surface area contributed by atoms with Crippen molar-refractivity contribution in [1.82, 2.24) is 5.32 Å². The van der Waals surface area contributed by atoms with E-state index in [9.17, 15) is 4.79 Å². The van der Waals surface area contributed by atoms with Gasteiger partial charge in [0, 0.05) is 6.54 Å². The Labute approximate surface area is 113 Å². The van der Waals surface area contributed by atoms with E-state index in [1.807, 2.05) is 6.26 Å². The molecule has 0 fully saturated rings. The number of thioether (sulfide) groups is 1. The van der Waals surface area contributed by atoms with E-state index in [0.29, 0.717) is 51.9 Å². The summed E-state index contributed by atoms with van der Waals surface area (Å²) < 4.78 is 15.5. The second kappa shape index (κ2) is 14.3. The minimum absolute atomic E-state index is 0.0352. The van der Waals surface area contributed by atoms with Crippen molar-refractivity contribution in [3.8, 4) is 12.3 Å². The summed E-state index contributed by atoms with van der Waals surface area (Å²) in [7, 11) is 0. The van der Waals surface area contributed by atoms with Gasteiger partial charge in [-0.2, -0.15) is 11.8 Å². The van der Waals surface area contributed by atoms with Gasteiger partial charge in [0.15, 0.2) is 0 Å². The Morgan fingerprint density at radius 3 is 2.39 bits per heavy atom. The fraction of sp³-hybridized carbons (Fsp3) is 0.750. The van der Waals surface area contributed by atoms with Gasteiger partial charge in [0.1, 0.15) is 6.61 Å². The molecule has 0 unspecified atom stereocenters. The number of hydrogen-bond donors (Lipinski definition) is 1. The molecule has 5 nitrogen and oxygen atoms in total. The van der Waals surface area contributed by atoms with Crippen LogP contribution in [-0.4, -0.2) is 64.1 Å². The molecule has 1 N–H and O–H groups in total. The molecule has 0 saturated heterocycles. The first-order valence-corrected chi connectivity index (χ1v) is 7.13. The van der Waals surface area contributed by atoms with Crippen LogP contribution in [-0.2, 0) is 19.0 Å². The lowest BCUT2D eigenvalue weighted by atomic mass is 10.6. The molecule has 0 heterocycles. The maximum atomic E-state index is 11.1. The highest BCUT2D eigenvalue weighted by atomic mass is 32.2. The van der Waals surface area contributed by atoms with E-state index in [0.717, 1.165) is 0 Å². The number of amides is 1. The van der Waals surface area contributed by atoms with Crippen LogP contribution >= 0.6 is 11.8 Å². The van der Waals surface area contributed by atoms with Crippen LogP contribution in [0.3, 0.4) is 0 Å². The molecule has 6 heteroatoms. The van der Waals surface area contributed by atoms with E-state index in [1.54, 1.807) is 0 Å². The van der Waals surface area contributed by atoms with Crippen molar-refractivity contribution >= 4 is 17.7 Å². The summed E-state index contributed by atoms with van der Waals surface area (Å²) in [6.07, 6.45) is 6.90. The quantitative estimate of drug-likeness (QED) is 0.406. The molecule has 0 aliphatic heterocycles. The van der Waals surface area contributed by atoms with Crippen LogP contribution in [0.15, 0.2) is 0 Å². The average molecular weight is 275 g/mol. The molecule has 0 aliphatic carbocycles.